The number of nitrogens with one attached hydrogen (secondary N) is 1. The average molecular weight is 246 g/mol. The number of hydrazone groups is 1. The van der Waals surface area contributed by atoms with E-state index in [1.54, 1.807) is 11.7 Å². The van der Waals surface area contributed by atoms with Crippen LogP contribution in [0, 0.1) is 0 Å². The fourth-order valence-electron chi connectivity index (χ4n) is 2.10. The fourth-order valence-corrected chi connectivity index (χ4v) is 2.10. The Bertz CT molecular complexity index is 522. The minimum absolute atomic E-state index is 0.0959. The molecule has 5 nitrogen and oxygen atoms in total. The second-order valence-electron chi connectivity index (χ2n) is 4.30. The fraction of sp³-hybridized carbons (Fsp3) is 0.308. The molecule has 0 radical (unpaired) electrons. The molecule has 94 valence electrons. The lowest BCUT2D eigenvalue weighted by molar-refractivity contribution is -0.661. The molecule has 0 bridgehead atoms. The van der Waals surface area contributed by atoms with Gasteiger partial charge in [-0.25, -0.2) is 15.1 Å². The Morgan fingerprint density at radius 2 is 1.94 bits per heavy atom. The van der Waals surface area contributed by atoms with Gasteiger partial charge in [0.1, 0.15) is 7.05 Å². The number of Topliss-reactive ketones (excluding diaryl/α,β-unsaturated/α-hetero) is 1. The lowest BCUT2D eigenvalue weighted by atomic mass is 10.0. The molecule has 5 heteroatoms. The third kappa shape index (κ3) is 1.99. The first-order chi connectivity index (χ1) is 8.52. The molecule has 1 atom stereocenters. The monoisotopic (exact) mass is 246 g/mol. The molecule has 0 saturated carbocycles. The van der Waals surface area contributed by atoms with Crippen molar-refractivity contribution in [1.82, 2.24) is 10.3 Å². The minimum Gasteiger partial charge on any atom is -0.283 e. The highest BCUT2D eigenvalue weighted by molar-refractivity contribution is 6.41. The van der Waals surface area contributed by atoms with E-state index in [4.69, 9.17) is 0 Å². The van der Waals surface area contributed by atoms with Gasteiger partial charge in [-0.15, -0.1) is 0 Å². The maximum Gasteiger partial charge on any atom is 0.346 e. The van der Waals surface area contributed by atoms with E-state index in [1.807, 2.05) is 42.4 Å². The van der Waals surface area contributed by atoms with Gasteiger partial charge in [0.25, 0.3) is 5.78 Å². The molecule has 1 aliphatic heterocycles. The van der Waals surface area contributed by atoms with Crippen LogP contribution in [0.3, 0.4) is 0 Å². The lowest BCUT2D eigenvalue weighted by Gasteiger charge is -2.18. The molecular weight excluding hydrogens is 230 g/mol. The Balaban J connectivity index is 2.34. The lowest BCUT2D eigenvalue weighted by Crippen LogP contribution is -2.37. The first-order valence-corrected chi connectivity index (χ1v) is 5.72. The summed E-state index contributed by atoms with van der Waals surface area (Å²) in [4.78, 5) is 23.4. The third-order valence-electron chi connectivity index (χ3n) is 3.06. The summed E-state index contributed by atoms with van der Waals surface area (Å²) < 4.78 is 1.67. The van der Waals surface area contributed by atoms with Crippen molar-refractivity contribution in [1.29, 1.82) is 0 Å². The van der Waals surface area contributed by atoms with Gasteiger partial charge in [0, 0.05) is 14.0 Å². The molecule has 0 unspecified atom stereocenters. The summed E-state index contributed by atoms with van der Waals surface area (Å²) in [6, 6.07) is 9.14. The highest BCUT2D eigenvalue weighted by Crippen LogP contribution is 2.24. The topological polar surface area (TPSA) is 52.4 Å². The van der Waals surface area contributed by atoms with Crippen molar-refractivity contribution in [2.75, 3.05) is 14.1 Å². The summed E-state index contributed by atoms with van der Waals surface area (Å²) >= 11 is 0. The quantitative estimate of drug-likeness (QED) is 0.727. The van der Waals surface area contributed by atoms with Crippen LogP contribution in [-0.4, -0.2) is 41.3 Å². The van der Waals surface area contributed by atoms with Crippen LogP contribution in [0.4, 0.5) is 0 Å². The van der Waals surface area contributed by atoms with Crippen molar-refractivity contribution in [3.05, 3.63) is 35.9 Å². The summed E-state index contributed by atoms with van der Waals surface area (Å²) in [5.41, 5.74) is 0.914. The molecule has 0 fully saturated rings. The van der Waals surface area contributed by atoms with Crippen LogP contribution in [-0.2, 0) is 9.59 Å². The maximum absolute atomic E-state index is 12.3. The molecule has 0 saturated heterocycles. The van der Waals surface area contributed by atoms with Crippen LogP contribution >= 0.6 is 0 Å². The predicted octanol–water partition coefficient (Wildman–Crippen LogP) is 0.334. The molecule has 2 rings (SSSR count). The van der Waals surface area contributed by atoms with Gasteiger partial charge in [0.05, 0.1) is 0 Å². The molecule has 0 aromatic heterocycles. The number of rotatable bonds is 1. The first-order valence-electron chi connectivity index (χ1n) is 5.72. The standard InChI is InChI=1S/C13H15N3O2/c1-9(17)14-13-12(18)11(15(2)16(13)3)10-7-5-4-6-8-10/h4-8,11H,1-3H3/p+1/t11-/m0/s1. The Morgan fingerprint density at radius 1 is 1.33 bits per heavy atom. The number of likely N-dealkylation sites (N-methyl/N-ethyl adjacent to an activating group) is 1. The minimum atomic E-state index is -0.377. The highest BCUT2D eigenvalue weighted by atomic mass is 16.2. The van der Waals surface area contributed by atoms with Crippen molar-refractivity contribution in [2.24, 2.45) is 0 Å². The summed E-state index contributed by atoms with van der Waals surface area (Å²) in [5.74, 6) is -0.0208. The molecule has 18 heavy (non-hydrogen) atoms. The van der Waals surface area contributed by atoms with Gasteiger partial charge in [-0.1, -0.05) is 30.3 Å². The van der Waals surface area contributed by atoms with Crippen LogP contribution in [0.2, 0.25) is 0 Å². The number of amides is 1. The summed E-state index contributed by atoms with van der Waals surface area (Å²) in [5, 5.41) is 4.39. The van der Waals surface area contributed by atoms with E-state index in [-0.39, 0.29) is 17.7 Å². The van der Waals surface area contributed by atoms with Gasteiger partial charge in [0.2, 0.25) is 0 Å². The first kappa shape index (κ1) is 12.3. The number of ketones is 1. The Labute approximate surface area is 106 Å². The Morgan fingerprint density at radius 3 is 2.50 bits per heavy atom. The van der Waals surface area contributed by atoms with Crippen molar-refractivity contribution in [3.8, 4) is 0 Å². The Kier molecular flexibility index (Phi) is 3.14. The summed E-state index contributed by atoms with van der Waals surface area (Å²) in [6.45, 7) is 1.39. The number of hydrogen-bond donors (Lipinski definition) is 1. The van der Waals surface area contributed by atoms with E-state index in [2.05, 4.69) is 5.32 Å². The summed E-state index contributed by atoms with van der Waals surface area (Å²) in [7, 11) is 3.58. The normalized spacial score (nSPS) is 19.4. The summed E-state index contributed by atoms with van der Waals surface area (Å²) in [6.07, 6.45) is 0. The number of carbonyl (C=O) groups excluding carboxylic acids is 2. The van der Waals surface area contributed by atoms with E-state index in [0.29, 0.717) is 5.84 Å². The molecule has 1 aliphatic rings. The van der Waals surface area contributed by atoms with Crippen LogP contribution in [0.5, 0.6) is 0 Å². The van der Waals surface area contributed by atoms with Crippen LogP contribution in [0.25, 0.3) is 0 Å². The zero-order valence-corrected chi connectivity index (χ0v) is 10.7. The van der Waals surface area contributed by atoms with Crippen molar-refractivity contribution >= 4 is 17.5 Å². The highest BCUT2D eigenvalue weighted by Gasteiger charge is 2.43. The number of carbonyl (C=O) groups is 2. The molecule has 1 heterocycles. The zero-order valence-electron chi connectivity index (χ0n) is 10.7. The van der Waals surface area contributed by atoms with Crippen molar-refractivity contribution in [3.63, 3.8) is 0 Å². The van der Waals surface area contributed by atoms with Crippen molar-refractivity contribution in [2.45, 2.75) is 13.0 Å². The molecule has 1 amide bonds. The number of hydrogen-bond acceptors (Lipinski definition) is 3. The number of benzene rings is 1. The van der Waals surface area contributed by atoms with Gasteiger partial charge < -0.3 is 0 Å². The maximum atomic E-state index is 12.3. The largest absolute Gasteiger partial charge is 0.346 e. The average Bonchev–Trinajstić information content (AvgIpc) is 2.54. The van der Waals surface area contributed by atoms with Gasteiger partial charge >= 0.3 is 11.7 Å². The zero-order chi connectivity index (χ0) is 13.3. The van der Waals surface area contributed by atoms with Gasteiger partial charge in [-0.05, 0) is 5.56 Å². The van der Waals surface area contributed by atoms with E-state index in [9.17, 15) is 9.59 Å². The van der Waals surface area contributed by atoms with Crippen LogP contribution in [0.15, 0.2) is 30.3 Å². The van der Waals surface area contributed by atoms with E-state index in [0.717, 1.165) is 5.56 Å². The van der Waals surface area contributed by atoms with E-state index >= 15 is 0 Å². The molecule has 1 aromatic carbocycles. The number of nitrogens with zero attached hydrogens (tertiary/aromatic N) is 2. The van der Waals surface area contributed by atoms with Crippen LogP contribution in [0.1, 0.15) is 18.5 Å². The van der Waals surface area contributed by atoms with Gasteiger partial charge in [0.15, 0.2) is 6.04 Å². The molecule has 1 aromatic rings. The van der Waals surface area contributed by atoms with Gasteiger partial charge in [-0.2, -0.15) is 4.68 Å². The number of amidine groups is 1. The molecular formula is C13H16N3O2+. The van der Waals surface area contributed by atoms with Crippen molar-refractivity contribution < 1.29 is 14.3 Å². The SMILES string of the molecule is CC(=O)NC1=[N+](C)N(C)[C@@H](c2ccccc2)C1=O. The Hall–Kier alpha value is -2.17. The molecule has 1 N–H and O–H groups in total. The second kappa shape index (κ2) is 4.60. The smallest absolute Gasteiger partial charge is 0.283 e. The predicted molar refractivity (Wildman–Crippen MR) is 67.0 cm³/mol. The third-order valence-corrected chi connectivity index (χ3v) is 3.06. The van der Waals surface area contributed by atoms with E-state index in [1.165, 1.54) is 6.92 Å². The van der Waals surface area contributed by atoms with E-state index < -0.39 is 0 Å². The number of hydrazine groups is 1. The van der Waals surface area contributed by atoms with Crippen LogP contribution < -0.4 is 5.32 Å². The van der Waals surface area contributed by atoms with Gasteiger partial charge in [-0.3, -0.25) is 4.79 Å². The molecule has 0 aliphatic carbocycles. The molecule has 0 spiro atoms. The second-order valence-corrected chi connectivity index (χ2v) is 4.30.